The van der Waals surface area contributed by atoms with Gasteiger partial charge in [0.15, 0.2) is 5.65 Å². The number of carbonyl (C=O) groups is 1. The lowest BCUT2D eigenvalue weighted by molar-refractivity contribution is -0.121. The van der Waals surface area contributed by atoms with Crippen LogP contribution in [0.3, 0.4) is 0 Å². The fourth-order valence-electron chi connectivity index (χ4n) is 4.56. The van der Waals surface area contributed by atoms with Crippen LogP contribution in [0.5, 0.6) is 5.88 Å². The summed E-state index contributed by atoms with van der Waals surface area (Å²) in [5.74, 6) is 1.06. The number of rotatable bonds is 5. The van der Waals surface area contributed by atoms with Gasteiger partial charge in [0.05, 0.1) is 12.5 Å². The van der Waals surface area contributed by atoms with Gasteiger partial charge in [-0.3, -0.25) is 9.20 Å². The number of hydrogen-bond donors (Lipinski definition) is 3. The topological polar surface area (TPSA) is 122 Å². The summed E-state index contributed by atoms with van der Waals surface area (Å²) in [6, 6.07) is 4.15. The number of ether oxygens (including phenoxy) is 1. The fraction of sp³-hybridized carbons (Fsp3) is 0.409. The number of amides is 1. The van der Waals surface area contributed by atoms with Gasteiger partial charge in [-0.2, -0.15) is 9.97 Å². The number of nitrogens with zero attached hydrogens (tertiary/aromatic N) is 5. The molecule has 0 spiro atoms. The molecule has 166 valence electrons. The summed E-state index contributed by atoms with van der Waals surface area (Å²) in [7, 11) is 1.62. The Morgan fingerprint density at radius 1 is 1.28 bits per heavy atom. The van der Waals surface area contributed by atoms with Crippen LogP contribution in [0, 0.1) is 0 Å². The molecule has 10 heteroatoms. The number of aromatic nitrogens is 6. The number of nitrogens with one attached hydrogen (secondary N) is 3. The van der Waals surface area contributed by atoms with E-state index in [1.807, 2.05) is 28.9 Å². The van der Waals surface area contributed by atoms with Gasteiger partial charge in [-0.1, -0.05) is 0 Å². The SMILES string of the molecule is COc1nc(NC2CCC(C)(NC(C)=O)CC2)nc2[nH]cc(-c3ccc4nncn4c3)c12. The molecule has 3 N–H and O–H groups in total. The molecule has 1 saturated carbocycles. The summed E-state index contributed by atoms with van der Waals surface area (Å²) in [5.41, 5.74) is 3.27. The van der Waals surface area contributed by atoms with Gasteiger partial charge in [-0.25, -0.2) is 0 Å². The van der Waals surface area contributed by atoms with Crippen LogP contribution in [0.4, 0.5) is 5.95 Å². The summed E-state index contributed by atoms with van der Waals surface area (Å²) in [6.07, 6.45) is 9.22. The first-order valence-electron chi connectivity index (χ1n) is 10.7. The highest BCUT2D eigenvalue weighted by molar-refractivity contribution is 5.97. The van der Waals surface area contributed by atoms with Crippen LogP contribution in [0.25, 0.3) is 27.8 Å². The number of fused-ring (bicyclic) bond motifs is 2. The molecule has 1 aliphatic rings. The van der Waals surface area contributed by atoms with Gasteiger partial charge in [0.2, 0.25) is 17.7 Å². The molecule has 4 aromatic rings. The molecule has 5 rings (SSSR count). The van der Waals surface area contributed by atoms with Gasteiger partial charge in [-0.05, 0) is 44.7 Å². The first kappa shape index (κ1) is 20.2. The molecule has 0 aliphatic heterocycles. The van der Waals surface area contributed by atoms with Gasteiger partial charge >= 0.3 is 0 Å². The number of aromatic amines is 1. The van der Waals surface area contributed by atoms with Gasteiger partial charge < -0.3 is 20.4 Å². The fourth-order valence-corrected chi connectivity index (χ4v) is 4.56. The van der Waals surface area contributed by atoms with Crippen molar-refractivity contribution in [2.24, 2.45) is 0 Å². The van der Waals surface area contributed by atoms with E-state index < -0.39 is 0 Å². The second-order valence-corrected chi connectivity index (χ2v) is 8.66. The summed E-state index contributed by atoms with van der Waals surface area (Å²) >= 11 is 0. The van der Waals surface area contributed by atoms with E-state index in [1.54, 1.807) is 20.4 Å². The highest BCUT2D eigenvalue weighted by Crippen LogP contribution is 2.35. The normalized spacial score (nSPS) is 21.0. The van der Waals surface area contributed by atoms with E-state index in [4.69, 9.17) is 9.72 Å². The van der Waals surface area contributed by atoms with Crippen molar-refractivity contribution in [2.45, 2.75) is 51.1 Å². The summed E-state index contributed by atoms with van der Waals surface area (Å²) in [5, 5.41) is 15.4. The largest absolute Gasteiger partial charge is 0.480 e. The molecular formula is C22H26N8O2. The predicted octanol–water partition coefficient (Wildman–Crippen LogP) is 2.93. The lowest BCUT2D eigenvalue weighted by Gasteiger charge is -2.38. The second kappa shape index (κ2) is 7.77. The molecule has 10 nitrogen and oxygen atoms in total. The Labute approximate surface area is 184 Å². The minimum Gasteiger partial charge on any atom is -0.480 e. The molecule has 1 fully saturated rings. The highest BCUT2D eigenvalue weighted by Gasteiger charge is 2.32. The van der Waals surface area contributed by atoms with Crippen molar-refractivity contribution in [1.82, 2.24) is 34.9 Å². The van der Waals surface area contributed by atoms with Gasteiger partial charge in [0.25, 0.3) is 0 Å². The zero-order chi connectivity index (χ0) is 22.3. The summed E-state index contributed by atoms with van der Waals surface area (Å²) in [4.78, 5) is 24.1. The van der Waals surface area contributed by atoms with Crippen molar-refractivity contribution in [3.63, 3.8) is 0 Å². The number of pyridine rings is 1. The molecule has 4 heterocycles. The lowest BCUT2D eigenvalue weighted by Crippen LogP contribution is -2.49. The molecule has 0 aromatic carbocycles. The molecule has 0 radical (unpaired) electrons. The molecule has 0 unspecified atom stereocenters. The Morgan fingerprint density at radius 2 is 2.09 bits per heavy atom. The van der Waals surface area contributed by atoms with E-state index in [2.05, 4.69) is 37.7 Å². The lowest BCUT2D eigenvalue weighted by atomic mass is 9.81. The predicted molar refractivity (Wildman–Crippen MR) is 121 cm³/mol. The standard InChI is InChI=1S/C22H26N8O2/c1-13(31)28-22(2)8-6-15(7-9-22)25-21-26-19-18(20(27-21)32-3)16(10-23-19)14-4-5-17-29-24-12-30(17)11-14/h4-5,10-12,15H,6-9H2,1-3H3,(H,28,31)(H2,23,25,26,27). The molecular weight excluding hydrogens is 408 g/mol. The minimum absolute atomic E-state index is 0.0171. The van der Waals surface area contributed by atoms with Crippen molar-refractivity contribution in [3.05, 3.63) is 30.9 Å². The van der Waals surface area contributed by atoms with Crippen molar-refractivity contribution in [1.29, 1.82) is 0 Å². The summed E-state index contributed by atoms with van der Waals surface area (Å²) in [6.45, 7) is 3.67. The van der Waals surface area contributed by atoms with Crippen molar-refractivity contribution in [3.8, 4) is 17.0 Å². The van der Waals surface area contributed by atoms with E-state index in [0.717, 1.165) is 47.8 Å². The Bertz CT molecular complexity index is 1290. The van der Waals surface area contributed by atoms with Crippen LogP contribution in [0.15, 0.2) is 30.9 Å². The smallest absolute Gasteiger partial charge is 0.228 e. The van der Waals surface area contributed by atoms with Gasteiger partial charge in [-0.15, -0.1) is 10.2 Å². The minimum atomic E-state index is -0.146. The summed E-state index contributed by atoms with van der Waals surface area (Å²) < 4.78 is 7.51. The maximum Gasteiger partial charge on any atom is 0.228 e. The van der Waals surface area contributed by atoms with Crippen LogP contribution in [-0.4, -0.2) is 54.1 Å². The average molecular weight is 435 g/mol. The molecule has 1 amide bonds. The number of hydrogen-bond acceptors (Lipinski definition) is 7. The Kier molecular flexibility index (Phi) is 4.91. The number of methoxy groups -OCH3 is 1. The number of H-pyrrole nitrogens is 1. The van der Waals surface area contributed by atoms with Gasteiger partial charge in [0, 0.05) is 42.0 Å². The third kappa shape index (κ3) is 3.72. The average Bonchev–Trinajstić information content (AvgIpc) is 3.40. The maximum atomic E-state index is 11.5. The van der Waals surface area contributed by atoms with E-state index in [1.165, 1.54) is 0 Å². The van der Waals surface area contributed by atoms with E-state index in [0.29, 0.717) is 17.5 Å². The van der Waals surface area contributed by atoms with Crippen molar-refractivity contribution in [2.75, 3.05) is 12.4 Å². The molecule has 4 aromatic heterocycles. The third-order valence-corrected chi connectivity index (χ3v) is 6.19. The Morgan fingerprint density at radius 3 is 2.84 bits per heavy atom. The molecule has 32 heavy (non-hydrogen) atoms. The van der Waals surface area contributed by atoms with E-state index in [9.17, 15) is 4.79 Å². The quantitative estimate of drug-likeness (QED) is 0.441. The van der Waals surface area contributed by atoms with E-state index in [-0.39, 0.29) is 17.5 Å². The molecule has 0 atom stereocenters. The monoisotopic (exact) mass is 434 g/mol. The second-order valence-electron chi connectivity index (χ2n) is 8.66. The highest BCUT2D eigenvalue weighted by atomic mass is 16.5. The third-order valence-electron chi connectivity index (χ3n) is 6.19. The number of anilines is 1. The van der Waals surface area contributed by atoms with Crippen LogP contribution in [-0.2, 0) is 4.79 Å². The van der Waals surface area contributed by atoms with Crippen LogP contribution in [0.2, 0.25) is 0 Å². The maximum absolute atomic E-state index is 11.5. The molecule has 0 saturated heterocycles. The molecule has 0 bridgehead atoms. The van der Waals surface area contributed by atoms with Crippen LogP contribution in [0.1, 0.15) is 39.5 Å². The Balaban J connectivity index is 1.40. The van der Waals surface area contributed by atoms with Crippen LogP contribution < -0.4 is 15.4 Å². The zero-order valence-corrected chi connectivity index (χ0v) is 18.3. The van der Waals surface area contributed by atoms with Crippen molar-refractivity contribution >= 4 is 28.5 Å². The van der Waals surface area contributed by atoms with Crippen molar-refractivity contribution < 1.29 is 9.53 Å². The first-order chi connectivity index (χ1) is 15.4. The molecule has 1 aliphatic carbocycles. The van der Waals surface area contributed by atoms with Crippen LogP contribution >= 0.6 is 0 Å². The Hall–Kier alpha value is -3.69. The number of carbonyl (C=O) groups excluding carboxylic acids is 1. The zero-order valence-electron chi connectivity index (χ0n) is 18.3. The van der Waals surface area contributed by atoms with E-state index >= 15 is 0 Å². The first-order valence-corrected chi connectivity index (χ1v) is 10.7. The van der Waals surface area contributed by atoms with Gasteiger partial charge in [0.1, 0.15) is 12.0 Å².